The first kappa shape index (κ1) is 15.0. The van der Waals surface area contributed by atoms with E-state index in [0.29, 0.717) is 15.8 Å². The zero-order chi connectivity index (χ0) is 14.9. The molecule has 0 aliphatic rings. The number of halogens is 3. The van der Waals surface area contributed by atoms with Crippen molar-refractivity contribution in [2.75, 3.05) is 5.32 Å². The third kappa shape index (κ3) is 3.02. The van der Waals surface area contributed by atoms with Crippen LogP contribution >= 0.6 is 27.5 Å². The minimum atomic E-state index is -0.496. The largest absolute Gasteiger partial charge is 0.353 e. The Morgan fingerprint density at radius 1 is 1.45 bits per heavy atom. The number of hydrogen-bond acceptors (Lipinski definition) is 3. The predicted molar refractivity (Wildman–Crippen MR) is 81.3 cm³/mol. The summed E-state index contributed by atoms with van der Waals surface area (Å²) in [5.41, 5.74) is 0.827. The smallest absolute Gasteiger partial charge is 0.283 e. The molecule has 0 bridgehead atoms. The van der Waals surface area contributed by atoms with E-state index >= 15 is 0 Å². The first-order valence-corrected chi connectivity index (χ1v) is 7.06. The lowest BCUT2D eigenvalue weighted by Crippen LogP contribution is -2.25. The summed E-state index contributed by atoms with van der Waals surface area (Å²) < 4.78 is 14.8. The van der Waals surface area contributed by atoms with Gasteiger partial charge in [-0.1, -0.05) is 11.6 Å². The van der Waals surface area contributed by atoms with Gasteiger partial charge in [0.2, 0.25) is 0 Å². The van der Waals surface area contributed by atoms with Crippen LogP contribution in [0.1, 0.15) is 19.9 Å². The summed E-state index contributed by atoms with van der Waals surface area (Å²) in [6.45, 7) is 3.74. The van der Waals surface area contributed by atoms with Crippen LogP contribution in [-0.4, -0.2) is 9.78 Å². The van der Waals surface area contributed by atoms with Crippen molar-refractivity contribution >= 4 is 38.9 Å². The lowest BCUT2D eigenvalue weighted by molar-refractivity contribution is 0.501. The van der Waals surface area contributed by atoms with Crippen LogP contribution in [0.4, 0.5) is 15.8 Å². The van der Waals surface area contributed by atoms with E-state index in [9.17, 15) is 9.18 Å². The maximum absolute atomic E-state index is 13.1. The fourth-order valence-corrected chi connectivity index (χ4v) is 2.19. The Morgan fingerprint density at radius 2 is 2.15 bits per heavy atom. The standard InChI is InChI=1S/C13H12BrClFN3O/c1-7(2)19-13(20)12(14)11(6-17-19)18-8-3-4-10(16)9(15)5-8/h3-7,18H,1-2H3. The van der Waals surface area contributed by atoms with E-state index in [2.05, 4.69) is 26.3 Å². The van der Waals surface area contributed by atoms with Crippen molar-refractivity contribution in [1.82, 2.24) is 9.78 Å². The molecule has 106 valence electrons. The molecule has 1 heterocycles. The van der Waals surface area contributed by atoms with E-state index in [1.54, 1.807) is 0 Å². The Hall–Kier alpha value is -1.40. The van der Waals surface area contributed by atoms with E-state index in [-0.39, 0.29) is 16.6 Å². The molecular weight excluding hydrogens is 349 g/mol. The van der Waals surface area contributed by atoms with Crippen LogP contribution in [0, 0.1) is 5.82 Å². The second-order valence-electron chi connectivity index (χ2n) is 4.47. The van der Waals surface area contributed by atoms with Gasteiger partial charge in [0.15, 0.2) is 0 Å². The van der Waals surface area contributed by atoms with E-state index in [1.807, 2.05) is 13.8 Å². The molecule has 1 aromatic heterocycles. The number of benzene rings is 1. The van der Waals surface area contributed by atoms with Crippen LogP contribution in [0.2, 0.25) is 5.02 Å². The molecule has 0 atom stereocenters. The molecule has 0 spiro atoms. The Kier molecular flexibility index (Phi) is 4.45. The molecule has 0 radical (unpaired) electrons. The van der Waals surface area contributed by atoms with Gasteiger partial charge >= 0.3 is 0 Å². The average Bonchev–Trinajstić information content (AvgIpc) is 2.39. The molecule has 2 aromatic rings. The third-order valence-corrected chi connectivity index (χ3v) is 3.69. The number of nitrogens with zero attached hydrogens (tertiary/aromatic N) is 2. The van der Waals surface area contributed by atoms with Crippen LogP contribution in [0.3, 0.4) is 0 Å². The van der Waals surface area contributed by atoms with E-state index in [1.165, 1.54) is 29.1 Å². The number of rotatable bonds is 3. The summed E-state index contributed by atoms with van der Waals surface area (Å²) in [6.07, 6.45) is 1.53. The first-order chi connectivity index (χ1) is 9.40. The van der Waals surface area contributed by atoms with Crippen LogP contribution in [-0.2, 0) is 0 Å². The van der Waals surface area contributed by atoms with Crippen molar-refractivity contribution in [1.29, 1.82) is 0 Å². The fourth-order valence-electron chi connectivity index (χ4n) is 1.63. The summed E-state index contributed by atoms with van der Waals surface area (Å²) in [7, 11) is 0. The van der Waals surface area contributed by atoms with Gasteiger partial charge in [-0.2, -0.15) is 5.10 Å². The molecule has 0 saturated heterocycles. The van der Waals surface area contributed by atoms with Crippen molar-refractivity contribution in [2.45, 2.75) is 19.9 Å². The Labute approximate surface area is 128 Å². The normalized spacial score (nSPS) is 10.9. The fraction of sp³-hybridized carbons (Fsp3) is 0.231. The van der Waals surface area contributed by atoms with Gasteiger partial charge in [-0.3, -0.25) is 4.79 Å². The Bertz CT molecular complexity index is 703. The highest BCUT2D eigenvalue weighted by molar-refractivity contribution is 9.10. The van der Waals surface area contributed by atoms with Gasteiger partial charge in [-0.15, -0.1) is 0 Å². The summed E-state index contributed by atoms with van der Waals surface area (Å²) in [5, 5.41) is 7.06. The second kappa shape index (κ2) is 5.93. The molecular formula is C13H12BrClFN3O. The molecule has 7 heteroatoms. The van der Waals surface area contributed by atoms with Crippen molar-refractivity contribution in [3.8, 4) is 0 Å². The molecule has 1 N–H and O–H groups in total. The average molecular weight is 361 g/mol. The van der Waals surface area contributed by atoms with Crippen LogP contribution in [0.5, 0.6) is 0 Å². The summed E-state index contributed by atoms with van der Waals surface area (Å²) in [5.74, 6) is -0.496. The number of anilines is 2. The lowest BCUT2D eigenvalue weighted by Gasteiger charge is -2.12. The summed E-state index contributed by atoms with van der Waals surface area (Å²) in [6, 6.07) is 4.19. The summed E-state index contributed by atoms with van der Waals surface area (Å²) in [4.78, 5) is 12.1. The topological polar surface area (TPSA) is 46.9 Å². The van der Waals surface area contributed by atoms with Gasteiger partial charge in [-0.05, 0) is 48.0 Å². The number of nitrogens with one attached hydrogen (secondary N) is 1. The lowest BCUT2D eigenvalue weighted by atomic mass is 10.3. The van der Waals surface area contributed by atoms with Gasteiger partial charge < -0.3 is 5.32 Å². The first-order valence-electron chi connectivity index (χ1n) is 5.89. The van der Waals surface area contributed by atoms with Gasteiger partial charge in [0.05, 0.1) is 22.9 Å². The molecule has 4 nitrogen and oxygen atoms in total. The molecule has 0 aliphatic heterocycles. The highest BCUT2D eigenvalue weighted by atomic mass is 79.9. The highest BCUT2D eigenvalue weighted by Gasteiger charge is 2.11. The Balaban J connectivity index is 2.37. The van der Waals surface area contributed by atoms with Crippen molar-refractivity contribution in [3.63, 3.8) is 0 Å². The maximum Gasteiger partial charge on any atom is 0.283 e. The minimum absolute atomic E-state index is 0.00889. The molecule has 0 unspecified atom stereocenters. The van der Waals surface area contributed by atoms with Gasteiger partial charge in [0.25, 0.3) is 5.56 Å². The molecule has 0 amide bonds. The van der Waals surface area contributed by atoms with Gasteiger partial charge in [-0.25, -0.2) is 9.07 Å². The SMILES string of the molecule is CC(C)n1ncc(Nc2ccc(F)c(Cl)c2)c(Br)c1=O. The molecule has 0 aliphatic carbocycles. The molecule has 1 aromatic carbocycles. The zero-order valence-electron chi connectivity index (χ0n) is 10.8. The van der Waals surface area contributed by atoms with Gasteiger partial charge in [0, 0.05) is 5.69 Å². The van der Waals surface area contributed by atoms with Crippen LogP contribution in [0.25, 0.3) is 0 Å². The number of hydrogen-bond donors (Lipinski definition) is 1. The second-order valence-corrected chi connectivity index (χ2v) is 5.67. The number of aromatic nitrogens is 2. The maximum atomic E-state index is 13.1. The molecule has 2 rings (SSSR count). The highest BCUT2D eigenvalue weighted by Crippen LogP contribution is 2.25. The van der Waals surface area contributed by atoms with E-state index in [0.717, 1.165) is 0 Å². The Morgan fingerprint density at radius 3 is 2.75 bits per heavy atom. The van der Waals surface area contributed by atoms with Crippen LogP contribution < -0.4 is 10.9 Å². The molecule has 0 fully saturated rings. The predicted octanol–water partition coefficient (Wildman–Crippen LogP) is 4.12. The van der Waals surface area contributed by atoms with Crippen molar-refractivity contribution in [3.05, 3.63) is 50.1 Å². The zero-order valence-corrected chi connectivity index (χ0v) is 13.2. The monoisotopic (exact) mass is 359 g/mol. The minimum Gasteiger partial charge on any atom is -0.353 e. The van der Waals surface area contributed by atoms with E-state index in [4.69, 9.17) is 11.6 Å². The van der Waals surface area contributed by atoms with E-state index < -0.39 is 5.82 Å². The quantitative estimate of drug-likeness (QED) is 0.895. The summed E-state index contributed by atoms with van der Waals surface area (Å²) >= 11 is 8.96. The van der Waals surface area contributed by atoms with Crippen molar-refractivity contribution in [2.24, 2.45) is 0 Å². The van der Waals surface area contributed by atoms with Crippen molar-refractivity contribution < 1.29 is 4.39 Å². The molecule has 0 saturated carbocycles. The van der Waals surface area contributed by atoms with Gasteiger partial charge in [0.1, 0.15) is 10.3 Å². The third-order valence-electron chi connectivity index (χ3n) is 2.63. The molecule has 20 heavy (non-hydrogen) atoms. The van der Waals surface area contributed by atoms with Crippen LogP contribution in [0.15, 0.2) is 33.7 Å².